The fourth-order valence-corrected chi connectivity index (χ4v) is 2.51. The van der Waals surface area contributed by atoms with Crippen molar-refractivity contribution in [1.82, 2.24) is 5.16 Å². The second-order valence-electron chi connectivity index (χ2n) is 7.72. The lowest BCUT2D eigenvalue weighted by atomic mass is 9.78. The number of rotatable bonds is 1. The summed E-state index contributed by atoms with van der Waals surface area (Å²) in [6.07, 6.45) is 1.74. The van der Waals surface area contributed by atoms with Crippen molar-refractivity contribution in [2.24, 2.45) is 0 Å². The molecule has 3 heteroatoms. The van der Waals surface area contributed by atoms with E-state index in [4.69, 9.17) is 4.52 Å². The van der Waals surface area contributed by atoms with Crippen molar-refractivity contribution in [1.29, 1.82) is 0 Å². The highest BCUT2D eigenvalue weighted by Crippen LogP contribution is 2.42. The van der Waals surface area contributed by atoms with E-state index in [-0.39, 0.29) is 10.8 Å². The van der Waals surface area contributed by atoms with Gasteiger partial charge in [-0.05, 0) is 35.4 Å². The zero-order valence-corrected chi connectivity index (χ0v) is 14.0. The Morgan fingerprint density at radius 3 is 1.76 bits per heavy atom. The van der Waals surface area contributed by atoms with Gasteiger partial charge in [-0.3, -0.25) is 0 Å². The Hall–Kier alpha value is -1.77. The predicted octanol–water partition coefficient (Wildman–Crippen LogP) is 4.95. The van der Waals surface area contributed by atoms with Crippen LogP contribution in [0.5, 0.6) is 5.75 Å². The number of phenolic OH excluding ortho intramolecular Hbond substituents is 1. The second kappa shape index (κ2) is 4.90. The van der Waals surface area contributed by atoms with Gasteiger partial charge in [0.2, 0.25) is 0 Å². The Labute approximate surface area is 127 Å². The third kappa shape index (κ3) is 2.97. The van der Waals surface area contributed by atoms with Gasteiger partial charge in [0.05, 0.1) is 6.20 Å². The average molecular weight is 287 g/mol. The highest BCUT2D eigenvalue weighted by molar-refractivity contribution is 5.69. The van der Waals surface area contributed by atoms with Crippen LogP contribution in [-0.2, 0) is 10.8 Å². The highest BCUT2D eigenvalue weighted by atomic mass is 16.5. The first kappa shape index (κ1) is 15.6. The first-order chi connectivity index (χ1) is 9.51. The SMILES string of the molecule is Cc1oncc1-c1cc(C(C)(C)C)c(O)c(C(C)(C)C)c1. The minimum atomic E-state index is -0.134. The van der Waals surface area contributed by atoms with Crippen molar-refractivity contribution < 1.29 is 9.63 Å². The molecule has 0 saturated heterocycles. The summed E-state index contributed by atoms with van der Waals surface area (Å²) >= 11 is 0. The number of hydrogen-bond donors (Lipinski definition) is 1. The van der Waals surface area contributed by atoms with Crippen molar-refractivity contribution >= 4 is 0 Å². The van der Waals surface area contributed by atoms with E-state index in [1.807, 2.05) is 19.1 Å². The van der Waals surface area contributed by atoms with Gasteiger partial charge in [-0.25, -0.2) is 0 Å². The topological polar surface area (TPSA) is 46.3 Å². The fourth-order valence-electron chi connectivity index (χ4n) is 2.51. The molecule has 0 aliphatic heterocycles. The summed E-state index contributed by atoms with van der Waals surface area (Å²) in [6, 6.07) is 4.09. The summed E-state index contributed by atoms with van der Waals surface area (Å²) in [7, 11) is 0. The molecule has 0 spiro atoms. The molecule has 0 atom stereocenters. The van der Waals surface area contributed by atoms with Crippen molar-refractivity contribution in [3.8, 4) is 16.9 Å². The Morgan fingerprint density at radius 2 is 1.43 bits per heavy atom. The Kier molecular flexibility index (Phi) is 3.64. The molecule has 0 aliphatic carbocycles. The molecule has 0 amide bonds. The summed E-state index contributed by atoms with van der Waals surface area (Å²) in [5.41, 5.74) is 3.65. The number of aromatic nitrogens is 1. The lowest BCUT2D eigenvalue weighted by Gasteiger charge is -2.28. The van der Waals surface area contributed by atoms with Crippen molar-refractivity contribution in [3.05, 3.63) is 35.2 Å². The van der Waals surface area contributed by atoms with Gasteiger partial charge >= 0.3 is 0 Å². The zero-order valence-electron chi connectivity index (χ0n) is 14.0. The number of nitrogens with zero attached hydrogens (tertiary/aromatic N) is 1. The number of hydrogen-bond acceptors (Lipinski definition) is 3. The Bertz CT molecular complexity index is 620. The van der Waals surface area contributed by atoms with Gasteiger partial charge in [-0.15, -0.1) is 0 Å². The molecule has 1 aromatic carbocycles. The van der Waals surface area contributed by atoms with Crippen LogP contribution in [0.15, 0.2) is 22.9 Å². The summed E-state index contributed by atoms with van der Waals surface area (Å²) in [6.45, 7) is 14.6. The minimum Gasteiger partial charge on any atom is -0.507 e. The highest BCUT2D eigenvalue weighted by Gasteiger charge is 2.27. The first-order valence-electron chi connectivity index (χ1n) is 7.31. The molecule has 114 valence electrons. The van der Waals surface area contributed by atoms with E-state index in [9.17, 15) is 5.11 Å². The van der Waals surface area contributed by atoms with Crippen LogP contribution in [0.25, 0.3) is 11.1 Å². The van der Waals surface area contributed by atoms with E-state index < -0.39 is 0 Å². The molecule has 0 radical (unpaired) electrons. The maximum Gasteiger partial charge on any atom is 0.141 e. The van der Waals surface area contributed by atoms with Crippen LogP contribution >= 0.6 is 0 Å². The van der Waals surface area contributed by atoms with E-state index in [2.05, 4.69) is 46.7 Å². The Morgan fingerprint density at radius 1 is 0.952 bits per heavy atom. The van der Waals surface area contributed by atoms with Gasteiger partial charge in [0, 0.05) is 16.7 Å². The molecule has 0 unspecified atom stereocenters. The maximum atomic E-state index is 10.7. The minimum absolute atomic E-state index is 0.134. The van der Waals surface area contributed by atoms with E-state index in [0.717, 1.165) is 28.0 Å². The standard InChI is InChI=1S/C18H25NO2/c1-11-13(10-19-21-11)12-8-14(17(2,3)4)16(20)15(9-12)18(5,6)7/h8-10,20H,1-7H3. The van der Waals surface area contributed by atoms with Crippen LogP contribution in [0.3, 0.4) is 0 Å². The number of aryl methyl sites for hydroxylation is 1. The second-order valence-corrected chi connectivity index (χ2v) is 7.72. The number of aromatic hydroxyl groups is 1. The average Bonchev–Trinajstić information content (AvgIpc) is 2.72. The van der Waals surface area contributed by atoms with Gasteiger partial charge in [0.25, 0.3) is 0 Å². The monoisotopic (exact) mass is 287 g/mol. The molecule has 0 saturated carbocycles. The summed E-state index contributed by atoms with van der Waals surface area (Å²) in [5, 5.41) is 14.6. The zero-order chi connectivity index (χ0) is 16.0. The van der Waals surface area contributed by atoms with E-state index >= 15 is 0 Å². The summed E-state index contributed by atoms with van der Waals surface area (Å²) in [5.74, 6) is 1.19. The lowest BCUT2D eigenvalue weighted by molar-refractivity contribution is 0.398. The number of phenols is 1. The third-order valence-electron chi connectivity index (χ3n) is 3.79. The fraction of sp³-hybridized carbons (Fsp3) is 0.500. The molecular formula is C18H25NO2. The van der Waals surface area contributed by atoms with Gasteiger partial charge < -0.3 is 9.63 Å². The van der Waals surface area contributed by atoms with E-state index in [1.54, 1.807) is 6.20 Å². The molecule has 21 heavy (non-hydrogen) atoms. The van der Waals surface area contributed by atoms with Crippen LogP contribution in [0.2, 0.25) is 0 Å². The smallest absolute Gasteiger partial charge is 0.141 e. The molecule has 1 heterocycles. The quantitative estimate of drug-likeness (QED) is 0.807. The molecule has 1 N–H and O–H groups in total. The predicted molar refractivity (Wildman–Crippen MR) is 85.7 cm³/mol. The molecular weight excluding hydrogens is 262 g/mol. The molecule has 3 nitrogen and oxygen atoms in total. The van der Waals surface area contributed by atoms with Gasteiger partial charge in [0.15, 0.2) is 0 Å². The van der Waals surface area contributed by atoms with Crippen LogP contribution in [0.4, 0.5) is 0 Å². The summed E-state index contributed by atoms with van der Waals surface area (Å²) < 4.78 is 5.19. The van der Waals surface area contributed by atoms with Crippen LogP contribution in [-0.4, -0.2) is 10.3 Å². The van der Waals surface area contributed by atoms with Crippen molar-refractivity contribution in [3.63, 3.8) is 0 Å². The molecule has 2 aromatic rings. The van der Waals surface area contributed by atoms with Crippen LogP contribution in [0, 0.1) is 6.92 Å². The largest absolute Gasteiger partial charge is 0.507 e. The number of benzene rings is 1. The lowest BCUT2D eigenvalue weighted by Crippen LogP contribution is -2.17. The van der Waals surface area contributed by atoms with Crippen LogP contribution in [0.1, 0.15) is 58.4 Å². The van der Waals surface area contributed by atoms with Crippen molar-refractivity contribution in [2.45, 2.75) is 59.3 Å². The molecule has 0 bridgehead atoms. The van der Waals surface area contributed by atoms with Gasteiger partial charge in [0.1, 0.15) is 11.5 Å². The van der Waals surface area contributed by atoms with E-state index in [0.29, 0.717) is 5.75 Å². The van der Waals surface area contributed by atoms with Gasteiger partial charge in [-0.1, -0.05) is 46.7 Å². The molecule has 2 rings (SSSR count). The van der Waals surface area contributed by atoms with Crippen molar-refractivity contribution in [2.75, 3.05) is 0 Å². The molecule has 0 fully saturated rings. The normalized spacial score (nSPS) is 12.7. The maximum absolute atomic E-state index is 10.7. The van der Waals surface area contributed by atoms with Crippen LogP contribution < -0.4 is 0 Å². The van der Waals surface area contributed by atoms with Gasteiger partial charge in [-0.2, -0.15) is 0 Å². The van der Waals surface area contributed by atoms with E-state index in [1.165, 1.54) is 0 Å². The third-order valence-corrected chi connectivity index (χ3v) is 3.79. The Balaban J connectivity index is 2.78. The summed E-state index contributed by atoms with van der Waals surface area (Å²) in [4.78, 5) is 0. The molecule has 0 aliphatic rings. The first-order valence-corrected chi connectivity index (χ1v) is 7.31. The molecule has 1 aromatic heterocycles.